The molecule has 0 spiro atoms. The molecule has 7 nitrogen and oxygen atoms in total. The van der Waals surface area contributed by atoms with Crippen LogP contribution >= 0.6 is 35.0 Å². The molecule has 1 heterocycles. The van der Waals surface area contributed by atoms with Crippen LogP contribution in [0.25, 0.3) is 0 Å². The summed E-state index contributed by atoms with van der Waals surface area (Å²) in [6, 6.07) is 10.5. The zero-order valence-electron chi connectivity index (χ0n) is 17.6. The number of halogens is 2. The highest BCUT2D eigenvalue weighted by molar-refractivity contribution is 7.99. The molecule has 1 amide bonds. The van der Waals surface area contributed by atoms with Gasteiger partial charge in [0, 0.05) is 17.3 Å². The topological polar surface area (TPSA) is 78.3 Å². The van der Waals surface area contributed by atoms with Crippen molar-refractivity contribution < 1.29 is 14.3 Å². The Morgan fingerprint density at radius 1 is 1.22 bits per heavy atom. The number of amides is 1. The van der Waals surface area contributed by atoms with Crippen molar-refractivity contribution in [3.63, 3.8) is 0 Å². The van der Waals surface area contributed by atoms with E-state index in [1.807, 2.05) is 17.6 Å². The summed E-state index contributed by atoms with van der Waals surface area (Å²) in [5.41, 5.74) is 1.51. The third kappa shape index (κ3) is 6.18. The molecule has 0 radical (unpaired) electrons. The minimum Gasteiger partial charge on any atom is -0.495 e. The van der Waals surface area contributed by atoms with Gasteiger partial charge in [0.2, 0.25) is 5.91 Å². The van der Waals surface area contributed by atoms with Gasteiger partial charge < -0.3 is 14.8 Å². The van der Waals surface area contributed by atoms with Gasteiger partial charge in [0.15, 0.2) is 11.0 Å². The Labute approximate surface area is 200 Å². The second kappa shape index (κ2) is 11.3. The lowest BCUT2D eigenvalue weighted by Gasteiger charge is -2.10. The lowest BCUT2D eigenvalue weighted by atomic mass is 10.2. The lowest BCUT2D eigenvalue weighted by molar-refractivity contribution is -0.113. The molecule has 1 N–H and O–H groups in total. The zero-order valence-corrected chi connectivity index (χ0v) is 19.9. The number of methoxy groups -OCH3 is 1. The number of hydrogen-bond acceptors (Lipinski definition) is 6. The second-order valence-corrected chi connectivity index (χ2v) is 8.44. The Kier molecular flexibility index (Phi) is 8.44. The maximum atomic E-state index is 12.4. The zero-order chi connectivity index (χ0) is 23.1. The fourth-order valence-corrected chi connectivity index (χ4v) is 3.91. The Morgan fingerprint density at radius 2 is 2.03 bits per heavy atom. The number of nitrogens with zero attached hydrogens (tertiary/aromatic N) is 3. The number of aryl methyl sites for hydroxylation is 1. The number of carbonyl (C=O) groups excluding carboxylic acids is 1. The quantitative estimate of drug-likeness (QED) is 0.301. The Bertz CT molecular complexity index is 1120. The van der Waals surface area contributed by atoms with Crippen LogP contribution in [0.15, 0.2) is 54.2 Å². The van der Waals surface area contributed by atoms with E-state index < -0.39 is 0 Å². The fraction of sp³-hybridized carbons (Fsp3) is 0.227. The smallest absolute Gasteiger partial charge is 0.234 e. The van der Waals surface area contributed by atoms with E-state index in [0.717, 1.165) is 5.56 Å². The van der Waals surface area contributed by atoms with Gasteiger partial charge in [0.25, 0.3) is 0 Å². The van der Waals surface area contributed by atoms with Gasteiger partial charge in [-0.1, -0.05) is 41.0 Å². The van der Waals surface area contributed by atoms with Crippen molar-refractivity contribution in [2.75, 3.05) is 18.2 Å². The number of anilines is 1. The molecule has 0 saturated carbocycles. The van der Waals surface area contributed by atoms with Gasteiger partial charge in [-0.2, -0.15) is 0 Å². The predicted octanol–water partition coefficient (Wildman–Crippen LogP) is 5.40. The van der Waals surface area contributed by atoms with Crippen molar-refractivity contribution in [2.24, 2.45) is 0 Å². The van der Waals surface area contributed by atoms with Crippen LogP contribution in [0.4, 0.5) is 5.69 Å². The normalized spacial score (nSPS) is 10.6. The standard InChI is InChI=1S/C22H22Cl2N4O3S/c1-4-9-28-20(12-31-16-6-7-17(23)14(2)10-16)26-27-22(28)32-13-21(29)25-15-5-8-19(30-3)18(24)11-15/h4-8,10-11H,1,9,12-13H2,2-3H3,(H,25,29). The predicted molar refractivity (Wildman–Crippen MR) is 128 cm³/mol. The molecule has 0 atom stereocenters. The summed E-state index contributed by atoms with van der Waals surface area (Å²) in [5, 5.41) is 12.9. The van der Waals surface area contributed by atoms with Gasteiger partial charge >= 0.3 is 0 Å². The van der Waals surface area contributed by atoms with Crippen LogP contribution in [-0.4, -0.2) is 33.5 Å². The van der Waals surface area contributed by atoms with Gasteiger partial charge in [-0.15, -0.1) is 16.8 Å². The van der Waals surface area contributed by atoms with Crippen LogP contribution in [0.3, 0.4) is 0 Å². The Morgan fingerprint density at radius 3 is 2.72 bits per heavy atom. The summed E-state index contributed by atoms with van der Waals surface area (Å²) < 4.78 is 12.8. The monoisotopic (exact) mass is 492 g/mol. The molecule has 0 fully saturated rings. The highest BCUT2D eigenvalue weighted by Gasteiger charge is 2.15. The molecular weight excluding hydrogens is 471 g/mol. The summed E-state index contributed by atoms with van der Waals surface area (Å²) in [6.45, 7) is 6.41. The fourth-order valence-electron chi connectivity index (χ4n) is 2.77. The molecular formula is C22H22Cl2N4O3S. The van der Waals surface area contributed by atoms with Crippen LogP contribution in [0.5, 0.6) is 11.5 Å². The number of benzene rings is 2. The molecule has 0 aliphatic heterocycles. The first kappa shape index (κ1) is 24.0. The van der Waals surface area contributed by atoms with Gasteiger partial charge in [-0.25, -0.2) is 0 Å². The minimum absolute atomic E-state index is 0.149. The first-order valence-electron chi connectivity index (χ1n) is 9.59. The van der Waals surface area contributed by atoms with Gasteiger partial charge in [-0.05, 0) is 48.9 Å². The molecule has 2 aromatic carbocycles. The molecule has 10 heteroatoms. The van der Waals surface area contributed by atoms with Crippen molar-refractivity contribution in [1.82, 2.24) is 14.8 Å². The lowest BCUT2D eigenvalue weighted by Crippen LogP contribution is -2.15. The third-order valence-corrected chi connectivity index (χ3v) is 6.06. The minimum atomic E-state index is -0.196. The highest BCUT2D eigenvalue weighted by atomic mass is 35.5. The number of allylic oxidation sites excluding steroid dienone is 1. The first-order valence-corrected chi connectivity index (χ1v) is 11.3. The summed E-state index contributed by atoms with van der Waals surface area (Å²) in [4.78, 5) is 12.4. The van der Waals surface area contributed by atoms with Crippen molar-refractivity contribution in [2.45, 2.75) is 25.2 Å². The largest absolute Gasteiger partial charge is 0.495 e. The molecule has 0 saturated heterocycles. The molecule has 1 aromatic heterocycles. The number of nitrogens with one attached hydrogen (secondary N) is 1. The number of carbonyl (C=O) groups is 1. The third-order valence-electron chi connectivity index (χ3n) is 4.37. The average molecular weight is 493 g/mol. The summed E-state index contributed by atoms with van der Waals surface area (Å²) >= 11 is 13.4. The SMILES string of the molecule is C=CCn1c(COc2ccc(Cl)c(C)c2)nnc1SCC(=O)Nc1ccc(OC)c(Cl)c1. The maximum Gasteiger partial charge on any atom is 0.234 e. The first-order chi connectivity index (χ1) is 15.4. The van der Waals surface area contributed by atoms with E-state index in [9.17, 15) is 4.79 Å². The Hall–Kier alpha value is -2.68. The summed E-state index contributed by atoms with van der Waals surface area (Å²) in [5.74, 6) is 1.81. The maximum absolute atomic E-state index is 12.4. The number of ether oxygens (including phenoxy) is 2. The molecule has 0 unspecified atom stereocenters. The number of hydrogen-bond donors (Lipinski definition) is 1. The van der Waals surface area contributed by atoms with Gasteiger partial charge in [-0.3, -0.25) is 9.36 Å². The van der Waals surface area contributed by atoms with Gasteiger partial charge in [0.05, 0.1) is 17.9 Å². The van der Waals surface area contributed by atoms with Crippen molar-refractivity contribution in [3.8, 4) is 11.5 Å². The van der Waals surface area contributed by atoms with E-state index >= 15 is 0 Å². The summed E-state index contributed by atoms with van der Waals surface area (Å²) in [6.07, 6.45) is 1.74. The van der Waals surface area contributed by atoms with E-state index in [1.165, 1.54) is 18.9 Å². The van der Waals surface area contributed by atoms with Crippen LogP contribution in [0.1, 0.15) is 11.4 Å². The van der Waals surface area contributed by atoms with Crippen molar-refractivity contribution in [1.29, 1.82) is 0 Å². The molecule has 168 valence electrons. The van der Waals surface area contributed by atoms with Crippen molar-refractivity contribution in [3.05, 3.63) is 70.5 Å². The highest BCUT2D eigenvalue weighted by Crippen LogP contribution is 2.27. The van der Waals surface area contributed by atoms with Gasteiger partial charge in [0.1, 0.15) is 18.1 Å². The van der Waals surface area contributed by atoms with Crippen LogP contribution in [0, 0.1) is 6.92 Å². The molecule has 0 aliphatic carbocycles. The number of thioether (sulfide) groups is 1. The molecule has 3 rings (SSSR count). The van der Waals surface area contributed by atoms with E-state index in [4.69, 9.17) is 32.7 Å². The van der Waals surface area contributed by atoms with Crippen LogP contribution in [-0.2, 0) is 17.9 Å². The van der Waals surface area contributed by atoms with E-state index in [1.54, 1.807) is 36.4 Å². The number of aromatic nitrogens is 3. The van der Waals surface area contributed by atoms with E-state index in [-0.39, 0.29) is 18.3 Å². The van der Waals surface area contributed by atoms with E-state index in [2.05, 4.69) is 22.1 Å². The molecule has 0 aliphatic rings. The average Bonchev–Trinajstić information content (AvgIpc) is 3.15. The Balaban J connectivity index is 1.61. The number of rotatable bonds is 10. The van der Waals surface area contributed by atoms with Crippen LogP contribution < -0.4 is 14.8 Å². The van der Waals surface area contributed by atoms with E-state index in [0.29, 0.717) is 44.8 Å². The van der Waals surface area contributed by atoms with Crippen LogP contribution in [0.2, 0.25) is 10.0 Å². The van der Waals surface area contributed by atoms with Crippen molar-refractivity contribution >= 4 is 46.6 Å². The molecule has 3 aromatic rings. The molecule has 32 heavy (non-hydrogen) atoms. The second-order valence-electron chi connectivity index (χ2n) is 6.68. The molecule has 0 bridgehead atoms. The summed E-state index contributed by atoms with van der Waals surface area (Å²) in [7, 11) is 1.53.